The number of phenolic OH excluding ortho intramolecular Hbond substituents is 2. The van der Waals surface area contributed by atoms with E-state index in [0.29, 0.717) is 17.9 Å². The highest BCUT2D eigenvalue weighted by atomic mass is 16.5. The largest absolute Gasteiger partial charge is 0.504 e. The topological polar surface area (TPSA) is 49.7 Å². The van der Waals surface area contributed by atoms with Gasteiger partial charge in [0, 0.05) is 6.07 Å². The zero-order valence-electron chi connectivity index (χ0n) is 7.16. The van der Waals surface area contributed by atoms with E-state index in [0.717, 1.165) is 0 Å². The van der Waals surface area contributed by atoms with Gasteiger partial charge in [0.15, 0.2) is 11.5 Å². The Hall–Kier alpha value is -1.38. The Kier molecular flexibility index (Phi) is 2.43. The molecule has 12 heavy (non-hydrogen) atoms. The van der Waals surface area contributed by atoms with Crippen LogP contribution in [0.5, 0.6) is 17.2 Å². The number of hydrogen-bond donors (Lipinski definition) is 2. The van der Waals surface area contributed by atoms with Crippen molar-refractivity contribution in [1.29, 1.82) is 0 Å². The summed E-state index contributed by atoms with van der Waals surface area (Å²) in [6.07, 6.45) is 0. The van der Waals surface area contributed by atoms with Gasteiger partial charge in [-0.2, -0.15) is 0 Å². The fraction of sp³-hybridized carbons (Fsp3) is 0.333. The minimum Gasteiger partial charge on any atom is -0.504 e. The monoisotopic (exact) mass is 168 g/mol. The van der Waals surface area contributed by atoms with Crippen molar-refractivity contribution in [2.75, 3.05) is 6.61 Å². The highest BCUT2D eigenvalue weighted by Crippen LogP contribution is 2.32. The zero-order chi connectivity index (χ0) is 9.14. The molecule has 0 unspecified atom stereocenters. The highest BCUT2D eigenvalue weighted by molar-refractivity contribution is 5.49. The molecule has 3 nitrogen and oxygen atoms in total. The summed E-state index contributed by atoms with van der Waals surface area (Å²) in [6.45, 7) is 4.11. The van der Waals surface area contributed by atoms with Crippen molar-refractivity contribution in [3.05, 3.63) is 17.7 Å². The van der Waals surface area contributed by atoms with Crippen molar-refractivity contribution in [3.8, 4) is 17.2 Å². The standard InChI is InChI=1S/C9H12O3/c1-3-12-7-4-6(2)9(11)8(10)5-7/h4-5,10-11H,3H2,1-2H3. The smallest absolute Gasteiger partial charge is 0.161 e. The van der Waals surface area contributed by atoms with Gasteiger partial charge in [-0.1, -0.05) is 0 Å². The first-order chi connectivity index (χ1) is 5.65. The second kappa shape index (κ2) is 3.34. The third kappa shape index (κ3) is 1.61. The Morgan fingerprint density at radius 3 is 2.50 bits per heavy atom. The van der Waals surface area contributed by atoms with E-state index >= 15 is 0 Å². The summed E-state index contributed by atoms with van der Waals surface area (Å²) in [4.78, 5) is 0. The van der Waals surface area contributed by atoms with E-state index < -0.39 is 0 Å². The van der Waals surface area contributed by atoms with Crippen molar-refractivity contribution >= 4 is 0 Å². The van der Waals surface area contributed by atoms with Gasteiger partial charge in [0.2, 0.25) is 0 Å². The molecule has 3 heteroatoms. The molecule has 0 aromatic heterocycles. The molecule has 1 aromatic carbocycles. The summed E-state index contributed by atoms with van der Waals surface area (Å²) in [7, 11) is 0. The number of aromatic hydroxyl groups is 2. The highest BCUT2D eigenvalue weighted by Gasteiger charge is 2.05. The fourth-order valence-corrected chi connectivity index (χ4v) is 0.979. The van der Waals surface area contributed by atoms with Crippen LogP contribution < -0.4 is 4.74 Å². The number of hydrogen-bond acceptors (Lipinski definition) is 3. The van der Waals surface area contributed by atoms with Crippen molar-refractivity contribution in [2.24, 2.45) is 0 Å². The summed E-state index contributed by atoms with van der Waals surface area (Å²) in [5.41, 5.74) is 0.610. The van der Waals surface area contributed by atoms with Crippen molar-refractivity contribution in [3.63, 3.8) is 0 Å². The number of ether oxygens (including phenoxy) is 1. The first kappa shape index (κ1) is 8.71. The average molecular weight is 168 g/mol. The zero-order valence-corrected chi connectivity index (χ0v) is 7.16. The molecule has 0 fully saturated rings. The predicted octanol–water partition coefficient (Wildman–Crippen LogP) is 1.80. The number of aryl methyl sites for hydroxylation is 1. The molecular formula is C9H12O3. The lowest BCUT2D eigenvalue weighted by Crippen LogP contribution is -1.91. The van der Waals surface area contributed by atoms with Crippen LogP contribution in [0.3, 0.4) is 0 Å². The van der Waals surface area contributed by atoms with Crippen LogP contribution in [0.15, 0.2) is 12.1 Å². The quantitative estimate of drug-likeness (QED) is 0.662. The number of phenols is 2. The maximum Gasteiger partial charge on any atom is 0.161 e. The van der Waals surface area contributed by atoms with Crippen LogP contribution in [0.4, 0.5) is 0 Å². The van der Waals surface area contributed by atoms with Gasteiger partial charge < -0.3 is 14.9 Å². The lowest BCUT2D eigenvalue weighted by molar-refractivity contribution is 0.334. The first-order valence-corrected chi connectivity index (χ1v) is 3.80. The van der Waals surface area contributed by atoms with Gasteiger partial charge in [-0.15, -0.1) is 0 Å². The van der Waals surface area contributed by atoms with Crippen LogP contribution in [-0.4, -0.2) is 16.8 Å². The number of rotatable bonds is 2. The van der Waals surface area contributed by atoms with E-state index in [1.807, 2.05) is 6.92 Å². The molecule has 2 N–H and O–H groups in total. The fourth-order valence-electron chi connectivity index (χ4n) is 0.979. The van der Waals surface area contributed by atoms with E-state index in [1.54, 1.807) is 13.0 Å². The van der Waals surface area contributed by atoms with Crippen LogP contribution in [0.25, 0.3) is 0 Å². The molecule has 0 saturated heterocycles. The van der Waals surface area contributed by atoms with Crippen molar-refractivity contribution < 1.29 is 14.9 Å². The van der Waals surface area contributed by atoms with Crippen LogP contribution in [-0.2, 0) is 0 Å². The normalized spacial score (nSPS) is 9.83. The van der Waals surface area contributed by atoms with Gasteiger partial charge >= 0.3 is 0 Å². The lowest BCUT2D eigenvalue weighted by Gasteiger charge is -2.06. The molecule has 0 heterocycles. The predicted molar refractivity (Wildman–Crippen MR) is 45.7 cm³/mol. The van der Waals surface area contributed by atoms with Gasteiger partial charge in [-0.05, 0) is 25.5 Å². The Morgan fingerprint density at radius 1 is 1.33 bits per heavy atom. The summed E-state index contributed by atoms with van der Waals surface area (Å²) >= 11 is 0. The molecule has 0 aliphatic rings. The van der Waals surface area contributed by atoms with Gasteiger partial charge in [-0.3, -0.25) is 0 Å². The van der Waals surface area contributed by atoms with Crippen molar-refractivity contribution in [1.82, 2.24) is 0 Å². The maximum absolute atomic E-state index is 9.19. The lowest BCUT2D eigenvalue weighted by atomic mass is 10.2. The maximum atomic E-state index is 9.19. The van der Waals surface area contributed by atoms with E-state index in [4.69, 9.17) is 4.74 Å². The Balaban J connectivity index is 3.04. The van der Waals surface area contributed by atoms with E-state index in [2.05, 4.69) is 0 Å². The van der Waals surface area contributed by atoms with E-state index in [-0.39, 0.29) is 11.5 Å². The molecule has 0 atom stereocenters. The molecule has 66 valence electrons. The summed E-state index contributed by atoms with van der Waals surface area (Å²) in [5, 5.41) is 18.4. The Labute approximate surface area is 71.2 Å². The minimum absolute atomic E-state index is 0.0848. The second-order valence-electron chi connectivity index (χ2n) is 2.54. The molecule has 0 spiro atoms. The second-order valence-corrected chi connectivity index (χ2v) is 2.54. The third-order valence-corrected chi connectivity index (χ3v) is 1.56. The van der Waals surface area contributed by atoms with Crippen LogP contribution in [0, 0.1) is 6.92 Å². The number of benzene rings is 1. The molecule has 0 radical (unpaired) electrons. The van der Waals surface area contributed by atoms with Gasteiger partial charge in [-0.25, -0.2) is 0 Å². The molecule has 0 aliphatic heterocycles. The summed E-state index contributed by atoms with van der Waals surface area (Å²) in [5.74, 6) is 0.349. The SMILES string of the molecule is CCOc1cc(C)c(O)c(O)c1. The third-order valence-electron chi connectivity index (χ3n) is 1.56. The van der Waals surface area contributed by atoms with Gasteiger partial charge in [0.25, 0.3) is 0 Å². The van der Waals surface area contributed by atoms with Gasteiger partial charge in [0.1, 0.15) is 5.75 Å². The molecule has 0 bridgehead atoms. The first-order valence-electron chi connectivity index (χ1n) is 3.80. The molecule has 0 aliphatic carbocycles. The molecule has 0 amide bonds. The van der Waals surface area contributed by atoms with Crippen LogP contribution in [0.1, 0.15) is 12.5 Å². The minimum atomic E-state index is -0.140. The van der Waals surface area contributed by atoms with Gasteiger partial charge in [0.05, 0.1) is 6.61 Å². The van der Waals surface area contributed by atoms with Crippen LogP contribution >= 0.6 is 0 Å². The summed E-state index contributed by atoms with van der Waals surface area (Å²) < 4.78 is 5.15. The Bertz CT molecular complexity index is 258. The molecule has 1 aromatic rings. The average Bonchev–Trinajstić information content (AvgIpc) is 2.01. The van der Waals surface area contributed by atoms with E-state index in [9.17, 15) is 10.2 Å². The molecule has 1 rings (SSSR count). The molecule has 0 saturated carbocycles. The van der Waals surface area contributed by atoms with E-state index in [1.165, 1.54) is 6.07 Å². The molecular weight excluding hydrogens is 156 g/mol. The summed E-state index contributed by atoms with van der Waals surface area (Å²) in [6, 6.07) is 3.07. The van der Waals surface area contributed by atoms with Crippen molar-refractivity contribution in [2.45, 2.75) is 13.8 Å². The Morgan fingerprint density at radius 2 is 2.00 bits per heavy atom. The van der Waals surface area contributed by atoms with Crippen LogP contribution in [0.2, 0.25) is 0 Å².